The van der Waals surface area contributed by atoms with Gasteiger partial charge in [0.15, 0.2) is 0 Å². The number of thioether (sulfide) groups is 1. The summed E-state index contributed by atoms with van der Waals surface area (Å²) in [4.78, 5) is 1.07. The third kappa shape index (κ3) is 4.37. The van der Waals surface area contributed by atoms with Crippen LogP contribution in [0, 0.1) is 5.82 Å². The normalized spacial score (nSPS) is 12.2. The van der Waals surface area contributed by atoms with Gasteiger partial charge in [0.05, 0.1) is 7.11 Å². The van der Waals surface area contributed by atoms with Gasteiger partial charge < -0.3 is 10.1 Å². The summed E-state index contributed by atoms with van der Waals surface area (Å²) in [7, 11) is 3.35. The Morgan fingerprint density at radius 3 is 2.71 bits per heavy atom. The molecule has 0 aliphatic rings. The summed E-state index contributed by atoms with van der Waals surface area (Å²) in [6.07, 6.45) is 0. The lowest BCUT2D eigenvalue weighted by Crippen LogP contribution is -2.20. The molecule has 0 saturated carbocycles. The number of hydrogen-bond donors (Lipinski definition) is 1. The van der Waals surface area contributed by atoms with Crippen LogP contribution in [0.1, 0.15) is 11.6 Å². The number of halogens is 2. The van der Waals surface area contributed by atoms with Gasteiger partial charge in [0.1, 0.15) is 11.6 Å². The summed E-state index contributed by atoms with van der Waals surface area (Å²) in [5, 5.41) is 3.85. The van der Waals surface area contributed by atoms with Crippen molar-refractivity contribution in [2.24, 2.45) is 0 Å². The van der Waals surface area contributed by atoms with Crippen molar-refractivity contribution >= 4 is 23.4 Å². The fraction of sp³-hybridized carbons (Fsp3) is 0.250. The van der Waals surface area contributed by atoms with Crippen molar-refractivity contribution in [2.75, 3.05) is 19.9 Å². The van der Waals surface area contributed by atoms with E-state index < -0.39 is 0 Å². The summed E-state index contributed by atoms with van der Waals surface area (Å²) < 4.78 is 19.1. The van der Waals surface area contributed by atoms with Crippen LogP contribution in [-0.4, -0.2) is 19.9 Å². The molecule has 1 unspecified atom stereocenters. The summed E-state index contributed by atoms with van der Waals surface area (Å²) in [6.45, 7) is 0. The minimum Gasteiger partial charge on any atom is -0.497 e. The van der Waals surface area contributed by atoms with Crippen molar-refractivity contribution in [1.29, 1.82) is 0 Å². The van der Waals surface area contributed by atoms with E-state index in [9.17, 15) is 4.39 Å². The second-order valence-electron chi connectivity index (χ2n) is 4.50. The Balaban J connectivity index is 2.09. The second kappa shape index (κ2) is 7.69. The van der Waals surface area contributed by atoms with Gasteiger partial charge in [0.25, 0.3) is 0 Å². The highest BCUT2D eigenvalue weighted by atomic mass is 35.5. The zero-order valence-electron chi connectivity index (χ0n) is 11.9. The molecule has 2 aromatic carbocycles. The van der Waals surface area contributed by atoms with E-state index in [1.54, 1.807) is 23.9 Å². The van der Waals surface area contributed by atoms with E-state index in [1.807, 2.05) is 31.3 Å². The molecule has 0 saturated heterocycles. The molecule has 0 aliphatic carbocycles. The largest absolute Gasteiger partial charge is 0.497 e. The minimum atomic E-state index is -0.264. The first kappa shape index (κ1) is 16.1. The lowest BCUT2D eigenvalue weighted by molar-refractivity contribution is 0.410. The van der Waals surface area contributed by atoms with Gasteiger partial charge in [-0.05, 0) is 31.3 Å². The average Bonchev–Trinajstić information content (AvgIpc) is 2.49. The molecule has 0 aromatic heterocycles. The summed E-state index contributed by atoms with van der Waals surface area (Å²) >= 11 is 7.60. The molecule has 1 atom stereocenters. The highest BCUT2D eigenvalue weighted by Gasteiger charge is 2.15. The number of rotatable bonds is 6. The standard InChI is InChI=1S/C16H17ClFNOS/c1-19-16(10-21-13-5-3-4-11(17)8-13)14-7-6-12(20-2)9-15(14)18/h3-9,16,19H,10H2,1-2H3. The van der Waals surface area contributed by atoms with Crippen LogP contribution in [0.3, 0.4) is 0 Å². The van der Waals surface area contributed by atoms with Gasteiger partial charge in [-0.2, -0.15) is 0 Å². The molecular formula is C16H17ClFNOS. The molecule has 2 aromatic rings. The van der Waals surface area contributed by atoms with Crippen molar-refractivity contribution in [3.8, 4) is 5.75 Å². The van der Waals surface area contributed by atoms with Gasteiger partial charge in [-0.1, -0.05) is 23.7 Å². The average molecular weight is 326 g/mol. The zero-order valence-corrected chi connectivity index (χ0v) is 13.5. The van der Waals surface area contributed by atoms with Crippen molar-refractivity contribution in [1.82, 2.24) is 5.32 Å². The topological polar surface area (TPSA) is 21.3 Å². The van der Waals surface area contributed by atoms with Gasteiger partial charge in [-0.25, -0.2) is 4.39 Å². The van der Waals surface area contributed by atoms with Gasteiger partial charge in [0.2, 0.25) is 0 Å². The van der Waals surface area contributed by atoms with Crippen LogP contribution >= 0.6 is 23.4 Å². The van der Waals surface area contributed by atoms with Crippen molar-refractivity contribution in [3.05, 3.63) is 58.9 Å². The first-order chi connectivity index (χ1) is 10.1. The van der Waals surface area contributed by atoms with E-state index in [-0.39, 0.29) is 11.9 Å². The van der Waals surface area contributed by atoms with Crippen molar-refractivity contribution < 1.29 is 9.13 Å². The fourth-order valence-electron chi connectivity index (χ4n) is 1.98. The molecule has 0 bridgehead atoms. The smallest absolute Gasteiger partial charge is 0.131 e. The predicted molar refractivity (Wildman–Crippen MR) is 86.9 cm³/mol. The first-order valence-corrected chi connectivity index (χ1v) is 7.89. The molecule has 112 valence electrons. The van der Waals surface area contributed by atoms with E-state index in [0.717, 1.165) is 4.90 Å². The number of hydrogen-bond acceptors (Lipinski definition) is 3. The minimum absolute atomic E-state index is 0.0834. The molecule has 0 spiro atoms. The Hall–Kier alpha value is -1.23. The van der Waals surface area contributed by atoms with E-state index >= 15 is 0 Å². The molecule has 21 heavy (non-hydrogen) atoms. The summed E-state index contributed by atoms with van der Waals surface area (Å²) in [6, 6.07) is 12.5. The fourth-order valence-corrected chi connectivity index (χ4v) is 3.33. The predicted octanol–water partition coefficient (Wildman–Crippen LogP) is 4.54. The molecule has 5 heteroatoms. The number of ether oxygens (including phenoxy) is 1. The quantitative estimate of drug-likeness (QED) is 0.788. The monoisotopic (exact) mass is 325 g/mol. The van der Waals surface area contributed by atoms with Gasteiger partial charge >= 0.3 is 0 Å². The van der Waals surface area contributed by atoms with Crippen LogP contribution in [0.5, 0.6) is 5.75 Å². The molecule has 0 fully saturated rings. The van der Waals surface area contributed by atoms with E-state index in [1.165, 1.54) is 13.2 Å². The summed E-state index contributed by atoms with van der Waals surface area (Å²) in [5.41, 5.74) is 0.632. The van der Waals surface area contributed by atoms with Crippen LogP contribution in [0.4, 0.5) is 4.39 Å². The van der Waals surface area contributed by atoms with Gasteiger partial charge in [-0.3, -0.25) is 0 Å². The molecule has 0 radical (unpaired) electrons. The van der Waals surface area contributed by atoms with Crippen LogP contribution in [0.2, 0.25) is 5.02 Å². The van der Waals surface area contributed by atoms with Crippen molar-refractivity contribution in [3.63, 3.8) is 0 Å². The Kier molecular flexibility index (Phi) is 5.91. The lowest BCUT2D eigenvalue weighted by Gasteiger charge is -2.17. The maximum atomic E-state index is 14.1. The SMILES string of the molecule is CNC(CSc1cccc(Cl)c1)c1ccc(OC)cc1F. The maximum Gasteiger partial charge on any atom is 0.131 e. The molecule has 0 heterocycles. The third-order valence-electron chi connectivity index (χ3n) is 3.14. The second-order valence-corrected chi connectivity index (χ2v) is 6.03. The van der Waals surface area contributed by atoms with Crippen LogP contribution in [-0.2, 0) is 0 Å². The van der Waals surface area contributed by atoms with E-state index in [2.05, 4.69) is 5.32 Å². The molecule has 2 rings (SSSR count). The Bertz CT molecular complexity index is 609. The number of nitrogens with one attached hydrogen (secondary N) is 1. The van der Waals surface area contributed by atoms with Crippen LogP contribution in [0.25, 0.3) is 0 Å². The molecule has 0 aliphatic heterocycles. The number of benzene rings is 2. The van der Waals surface area contributed by atoms with Crippen LogP contribution < -0.4 is 10.1 Å². The Morgan fingerprint density at radius 1 is 1.29 bits per heavy atom. The van der Waals surface area contributed by atoms with Crippen molar-refractivity contribution in [2.45, 2.75) is 10.9 Å². The van der Waals surface area contributed by atoms with Crippen LogP contribution in [0.15, 0.2) is 47.4 Å². The highest BCUT2D eigenvalue weighted by molar-refractivity contribution is 7.99. The maximum absolute atomic E-state index is 14.1. The van der Waals surface area contributed by atoms with E-state index in [0.29, 0.717) is 22.1 Å². The lowest BCUT2D eigenvalue weighted by atomic mass is 10.1. The van der Waals surface area contributed by atoms with Gasteiger partial charge in [0, 0.05) is 33.3 Å². The Labute approximate surface area is 133 Å². The van der Waals surface area contributed by atoms with E-state index in [4.69, 9.17) is 16.3 Å². The zero-order chi connectivity index (χ0) is 15.2. The first-order valence-electron chi connectivity index (χ1n) is 6.53. The number of methoxy groups -OCH3 is 1. The van der Waals surface area contributed by atoms with Gasteiger partial charge in [-0.15, -0.1) is 11.8 Å². The third-order valence-corrected chi connectivity index (χ3v) is 4.47. The Morgan fingerprint density at radius 2 is 2.10 bits per heavy atom. The molecular weight excluding hydrogens is 309 g/mol. The molecule has 0 amide bonds. The highest BCUT2D eigenvalue weighted by Crippen LogP contribution is 2.28. The molecule has 2 nitrogen and oxygen atoms in total. The molecule has 1 N–H and O–H groups in total. The summed E-state index contributed by atoms with van der Waals surface area (Å²) in [5.74, 6) is 0.967.